The predicted octanol–water partition coefficient (Wildman–Crippen LogP) is 0.986. The van der Waals surface area contributed by atoms with E-state index < -0.39 is 0 Å². The second-order valence-electron chi connectivity index (χ2n) is 4.76. The molecule has 1 aromatic heterocycles. The Bertz CT molecular complexity index is 671. The normalized spacial score (nSPS) is 10.1. The Labute approximate surface area is 123 Å². The molecule has 0 saturated carbocycles. The summed E-state index contributed by atoms with van der Waals surface area (Å²) in [6.45, 7) is 1.56. The summed E-state index contributed by atoms with van der Waals surface area (Å²) < 4.78 is 1.79. The summed E-state index contributed by atoms with van der Waals surface area (Å²) in [5.41, 5.74) is 7.35. The molecule has 0 aliphatic carbocycles. The Morgan fingerprint density at radius 2 is 2.33 bits per heavy atom. The molecule has 108 valence electrons. The summed E-state index contributed by atoms with van der Waals surface area (Å²) in [5.74, 6) is -0.159. The second-order valence-corrected chi connectivity index (χ2v) is 4.76. The Balaban J connectivity index is 2.06. The van der Waals surface area contributed by atoms with Crippen molar-refractivity contribution in [2.24, 2.45) is 5.73 Å². The molecule has 0 aliphatic rings. The number of hydrogen-bond acceptors (Lipinski definition) is 4. The Morgan fingerprint density at radius 3 is 3.05 bits per heavy atom. The van der Waals surface area contributed by atoms with Gasteiger partial charge >= 0.3 is 0 Å². The Morgan fingerprint density at radius 1 is 1.52 bits per heavy atom. The van der Waals surface area contributed by atoms with Gasteiger partial charge in [-0.15, -0.1) is 0 Å². The number of aromatic nitrogens is 2. The molecule has 0 aliphatic heterocycles. The third-order valence-corrected chi connectivity index (χ3v) is 3.06. The zero-order chi connectivity index (χ0) is 15.2. The van der Waals surface area contributed by atoms with Crippen LogP contribution in [0.25, 0.3) is 0 Å². The highest BCUT2D eigenvalue weighted by Crippen LogP contribution is 2.09. The molecule has 0 unspecified atom stereocenters. The fourth-order valence-electron chi connectivity index (χ4n) is 2.02. The number of nitriles is 1. The monoisotopic (exact) mass is 283 g/mol. The molecule has 0 atom stereocenters. The van der Waals surface area contributed by atoms with Gasteiger partial charge in [0.2, 0.25) is 0 Å². The van der Waals surface area contributed by atoms with Crippen LogP contribution in [0.1, 0.15) is 21.6 Å². The lowest BCUT2D eigenvalue weighted by Gasteiger charge is -2.16. The van der Waals surface area contributed by atoms with Gasteiger partial charge in [-0.1, -0.05) is 12.1 Å². The highest BCUT2D eigenvalue weighted by atomic mass is 16.2. The standard InChI is InChI=1S/C15H17N5O/c1-19(9-13-4-2-3-12(7-13)8-17)15(21)14-10-20(6-5-16)11-18-14/h2-4,7,10-11H,5-6,9,16H2,1H3. The first-order valence-electron chi connectivity index (χ1n) is 6.60. The molecule has 0 spiro atoms. The van der Waals surface area contributed by atoms with Crippen LogP contribution in [0.2, 0.25) is 0 Å². The molecule has 2 N–H and O–H groups in total. The van der Waals surface area contributed by atoms with E-state index in [9.17, 15) is 4.79 Å². The molecule has 0 saturated heterocycles. The SMILES string of the molecule is CN(Cc1cccc(C#N)c1)C(=O)c1cn(CCN)cn1. The molecule has 21 heavy (non-hydrogen) atoms. The van der Waals surface area contributed by atoms with Crippen molar-refractivity contribution in [3.8, 4) is 6.07 Å². The zero-order valence-electron chi connectivity index (χ0n) is 11.9. The fraction of sp³-hybridized carbons (Fsp3) is 0.267. The number of amides is 1. The molecule has 6 heteroatoms. The lowest BCUT2D eigenvalue weighted by molar-refractivity contribution is 0.0779. The van der Waals surface area contributed by atoms with Crippen LogP contribution < -0.4 is 5.73 Å². The molecule has 6 nitrogen and oxygen atoms in total. The summed E-state index contributed by atoms with van der Waals surface area (Å²) in [4.78, 5) is 17.9. The van der Waals surface area contributed by atoms with Crippen LogP contribution in [0, 0.1) is 11.3 Å². The number of nitrogens with two attached hydrogens (primary N) is 1. The minimum atomic E-state index is -0.159. The van der Waals surface area contributed by atoms with Gasteiger partial charge in [-0.05, 0) is 17.7 Å². The predicted molar refractivity (Wildman–Crippen MR) is 78.2 cm³/mol. The van der Waals surface area contributed by atoms with Gasteiger partial charge in [0, 0.05) is 32.9 Å². The van der Waals surface area contributed by atoms with Crippen molar-refractivity contribution in [1.29, 1.82) is 5.26 Å². The fourth-order valence-corrected chi connectivity index (χ4v) is 2.02. The van der Waals surface area contributed by atoms with Gasteiger partial charge in [0.15, 0.2) is 0 Å². The summed E-state index contributed by atoms with van der Waals surface area (Å²) in [6.07, 6.45) is 3.29. The highest BCUT2D eigenvalue weighted by molar-refractivity contribution is 5.91. The van der Waals surface area contributed by atoms with E-state index in [1.54, 1.807) is 41.2 Å². The van der Waals surface area contributed by atoms with E-state index in [0.29, 0.717) is 30.9 Å². The molecule has 2 aromatic rings. The van der Waals surface area contributed by atoms with Crippen LogP contribution in [-0.4, -0.2) is 34.0 Å². The smallest absolute Gasteiger partial charge is 0.274 e. The summed E-state index contributed by atoms with van der Waals surface area (Å²) in [7, 11) is 1.71. The topological polar surface area (TPSA) is 87.9 Å². The first-order valence-corrected chi connectivity index (χ1v) is 6.60. The first-order chi connectivity index (χ1) is 10.1. The number of benzene rings is 1. The van der Waals surface area contributed by atoms with Gasteiger partial charge in [-0.2, -0.15) is 5.26 Å². The quantitative estimate of drug-likeness (QED) is 0.886. The maximum Gasteiger partial charge on any atom is 0.274 e. The van der Waals surface area contributed by atoms with Crippen molar-refractivity contribution >= 4 is 5.91 Å². The lowest BCUT2D eigenvalue weighted by Crippen LogP contribution is -2.26. The van der Waals surface area contributed by atoms with Crippen molar-refractivity contribution in [1.82, 2.24) is 14.5 Å². The lowest BCUT2D eigenvalue weighted by atomic mass is 10.1. The molecule has 1 heterocycles. The van der Waals surface area contributed by atoms with Crippen molar-refractivity contribution in [2.75, 3.05) is 13.6 Å². The van der Waals surface area contributed by atoms with E-state index >= 15 is 0 Å². The molecular formula is C15H17N5O. The largest absolute Gasteiger partial charge is 0.336 e. The van der Waals surface area contributed by atoms with Crippen LogP contribution in [0.3, 0.4) is 0 Å². The number of rotatable bonds is 5. The molecule has 1 aromatic carbocycles. The number of imidazole rings is 1. The molecule has 2 rings (SSSR count). The zero-order valence-corrected chi connectivity index (χ0v) is 11.9. The summed E-state index contributed by atoms with van der Waals surface area (Å²) in [5, 5.41) is 8.88. The van der Waals surface area contributed by atoms with Crippen LogP contribution in [0.15, 0.2) is 36.8 Å². The molecule has 0 radical (unpaired) electrons. The minimum Gasteiger partial charge on any atom is -0.336 e. The van der Waals surface area contributed by atoms with Gasteiger partial charge in [-0.25, -0.2) is 4.98 Å². The van der Waals surface area contributed by atoms with E-state index in [4.69, 9.17) is 11.0 Å². The van der Waals surface area contributed by atoms with E-state index in [0.717, 1.165) is 5.56 Å². The number of carbonyl (C=O) groups excluding carboxylic acids is 1. The summed E-state index contributed by atoms with van der Waals surface area (Å²) >= 11 is 0. The van der Waals surface area contributed by atoms with Gasteiger partial charge < -0.3 is 15.2 Å². The molecule has 1 amide bonds. The molecule has 0 bridgehead atoms. The van der Waals surface area contributed by atoms with Gasteiger partial charge in [0.05, 0.1) is 18.0 Å². The minimum absolute atomic E-state index is 0.159. The van der Waals surface area contributed by atoms with E-state index in [2.05, 4.69) is 11.1 Å². The van der Waals surface area contributed by atoms with Crippen molar-refractivity contribution < 1.29 is 4.79 Å². The van der Waals surface area contributed by atoms with Crippen LogP contribution >= 0.6 is 0 Å². The van der Waals surface area contributed by atoms with Crippen LogP contribution in [0.4, 0.5) is 0 Å². The van der Waals surface area contributed by atoms with Crippen molar-refractivity contribution in [2.45, 2.75) is 13.1 Å². The van der Waals surface area contributed by atoms with E-state index in [1.165, 1.54) is 0 Å². The van der Waals surface area contributed by atoms with Gasteiger partial charge in [0.25, 0.3) is 5.91 Å². The first kappa shape index (κ1) is 14.8. The Hall–Kier alpha value is -2.65. The third kappa shape index (κ3) is 3.68. The van der Waals surface area contributed by atoms with Crippen molar-refractivity contribution in [3.05, 3.63) is 53.6 Å². The van der Waals surface area contributed by atoms with Crippen LogP contribution in [0.5, 0.6) is 0 Å². The maximum absolute atomic E-state index is 12.3. The third-order valence-electron chi connectivity index (χ3n) is 3.06. The van der Waals surface area contributed by atoms with Crippen molar-refractivity contribution in [3.63, 3.8) is 0 Å². The molecular weight excluding hydrogens is 266 g/mol. The second kappa shape index (κ2) is 6.68. The van der Waals surface area contributed by atoms with E-state index in [1.807, 2.05) is 12.1 Å². The summed E-state index contributed by atoms with van der Waals surface area (Å²) in [6, 6.07) is 9.29. The van der Waals surface area contributed by atoms with E-state index in [-0.39, 0.29) is 5.91 Å². The molecule has 0 fully saturated rings. The number of hydrogen-bond donors (Lipinski definition) is 1. The van der Waals surface area contributed by atoms with Crippen LogP contribution in [-0.2, 0) is 13.1 Å². The number of nitrogens with zero attached hydrogens (tertiary/aromatic N) is 4. The average molecular weight is 283 g/mol. The highest BCUT2D eigenvalue weighted by Gasteiger charge is 2.15. The number of carbonyl (C=O) groups is 1. The van der Waals surface area contributed by atoms with Gasteiger partial charge in [-0.3, -0.25) is 4.79 Å². The Kier molecular flexibility index (Phi) is 4.69. The maximum atomic E-state index is 12.3. The average Bonchev–Trinajstić information content (AvgIpc) is 2.95. The van der Waals surface area contributed by atoms with Gasteiger partial charge in [0.1, 0.15) is 5.69 Å².